The predicted molar refractivity (Wildman–Crippen MR) is 58.2 cm³/mol. The monoisotopic (exact) mass is 223 g/mol. The summed E-state index contributed by atoms with van der Waals surface area (Å²) in [5.41, 5.74) is 0. The van der Waals surface area contributed by atoms with E-state index in [1.807, 2.05) is 18.5 Å². The van der Waals surface area contributed by atoms with Gasteiger partial charge in [0.1, 0.15) is 5.82 Å². The van der Waals surface area contributed by atoms with Gasteiger partial charge in [0, 0.05) is 12.8 Å². The Balaban J connectivity index is 2.25. The van der Waals surface area contributed by atoms with Crippen LogP contribution < -0.4 is 0 Å². The van der Waals surface area contributed by atoms with Gasteiger partial charge in [-0.25, -0.2) is 9.67 Å². The average molecular weight is 223 g/mol. The lowest BCUT2D eigenvalue weighted by Gasteiger charge is -2.33. The Bertz CT molecular complexity index is 400. The first-order valence-corrected chi connectivity index (χ1v) is 5.84. The van der Waals surface area contributed by atoms with E-state index in [0.717, 1.165) is 37.3 Å². The highest BCUT2D eigenvalue weighted by molar-refractivity contribution is 5.71. The molecule has 2 rings (SSSR count). The standard InChI is InChI=1S/C11H17N3O2/c1-3-9-12-10(4-2)14(13-9)8-6-5-7(8)11(15)16/h7-8H,3-6H2,1-2H3,(H,15,16). The minimum Gasteiger partial charge on any atom is -0.481 e. The van der Waals surface area contributed by atoms with Crippen LogP contribution >= 0.6 is 0 Å². The number of aromatic nitrogens is 3. The molecule has 0 saturated heterocycles. The predicted octanol–water partition coefficient (Wildman–Crippen LogP) is 1.44. The van der Waals surface area contributed by atoms with Gasteiger partial charge < -0.3 is 5.11 Å². The minimum atomic E-state index is -0.716. The van der Waals surface area contributed by atoms with E-state index in [2.05, 4.69) is 10.1 Å². The van der Waals surface area contributed by atoms with E-state index < -0.39 is 5.97 Å². The molecule has 5 heteroatoms. The molecule has 1 aliphatic rings. The topological polar surface area (TPSA) is 68.0 Å². The van der Waals surface area contributed by atoms with Crippen LogP contribution in [-0.2, 0) is 17.6 Å². The fraction of sp³-hybridized carbons (Fsp3) is 0.727. The van der Waals surface area contributed by atoms with Crippen LogP contribution in [0.2, 0.25) is 0 Å². The second kappa shape index (κ2) is 4.23. The molecular weight excluding hydrogens is 206 g/mol. The molecule has 5 nitrogen and oxygen atoms in total. The molecule has 0 aromatic carbocycles. The molecule has 2 unspecified atom stereocenters. The van der Waals surface area contributed by atoms with Gasteiger partial charge >= 0.3 is 5.97 Å². The number of carbonyl (C=O) groups is 1. The van der Waals surface area contributed by atoms with Gasteiger partial charge in [0.25, 0.3) is 0 Å². The summed E-state index contributed by atoms with van der Waals surface area (Å²) in [4.78, 5) is 15.4. The lowest BCUT2D eigenvalue weighted by atomic mass is 9.79. The maximum absolute atomic E-state index is 11.0. The molecule has 1 N–H and O–H groups in total. The maximum atomic E-state index is 11.0. The van der Waals surface area contributed by atoms with Crippen molar-refractivity contribution in [2.24, 2.45) is 5.92 Å². The zero-order valence-electron chi connectivity index (χ0n) is 9.68. The summed E-state index contributed by atoms with van der Waals surface area (Å²) in [6.45, 7) is 4.03. The molecule has 88 valence electrons. The van der Waals surface area contributed by atoms with Crippen LogP contribution in [0.1, 0.15) is 44.4 Å². The molecule has 1 aliphatic carbocycles. The highest BCUT2D eigenvalue weighted by Gasteiger charge is 2.39. The van der Waals surface area contributed by atoms with Gasteiger partial charge in [-0.1, -0.05) is 13.8 Å². The summed E-state index contributed by atoms with van der Waals surface area (Å²) >= 11 is 0. The summed E-state index contributed by atoms with van der Waals surface area (Å²) < 4.78 is 1.83. The number of aryl methyl sites for hydroxylation is 2. The first kappa shape index (κ1) is 11.1. The van der Waals surface area contributed by atoms with Gasteiger partial charge in [-0.15, -0.1) is 0 Å². The number of hydrogen-bond acceptors (Lipinski definition) is 3. The van der Waals surface area contributed by atoms with E-state index in [1.54, 1.807) is 0 Å². The van der Waals surface area contributed by atoms with E-state index in [9.17, 15) is 4.79 Å². The summed E-state index contributed by atoms with van der Waals surface area (Å²) in [5.74, 6) is 0.726. The van der Waals surface area contributed by atoms with Crippen molar-refractivity contribution in [2.75, 3.05) is 0 Å². The molecule has 0 aliphatic heterocycles. The third-order valence-electron chi connectivity index (χ3n) is 3.25. The third-order valence-corrected chi connectivity index (χ3v) is 3.25. The zero-order chi connectivity index (χ0) is 11.7. The third kappa shape index (κ3) is 1.70. The molecule has 0 amide bonds. The summed E-state index contributed by atoms with van der Waals surface area (Å²) in [7, 11) is 0. The first-order valence-electron chi connectivity index (χ1n) is 5.84. The molecule has 1 saturated carbocycles. The van der Waals surface area contributed by atoms with E-state index in [1.165, 1.54) is 0 Å². The van der Waals surface area contributed by atoms with Crippen LogP contribution in [0.3, 0.4) is 0 Å². The van der Waals surface area contributed by atoms with Crippen molar-refractivity contribution in [3.8, 4) is 0 Å². The quantitative estimate of drug-likeness (QED) is 0.838. The maximum Gasteiger partial charge on any atom is 0.308 e. The smallest absolute Gasteiger partial charge is 0.308 e. The van der Waals surface area contributed by atoms with Crippen LogP contribution in [-0.4, -0.2) is 25.8 Å². The Morgan fingerprint density at radius 1 is 1.44 bits per heavy atom. The number of hydrogen-bond donors (Lipinski definition) is 1. The Kier molecular flexibility index (Phi) is 2.94. The first-order chi connectivity index (χ1) is 7.67. The van der Waals surface area contributed by atoms with Gasteiger partial charge in [0.2, 0.25) is 0 Å². The number of nitrogens with zero attached hydrogens (tertiary/aromatic N) is 3. The molecule has 0 radical (unpaired) electrons. The number of carboxylic acids is 1. The number of rotatable bonds is 4. The van der Waals surface area contributed by atoms with E-state index in [-0.39, 0.29) is 12.0 Å². The van der Waals surface area contributed by atoms with Crippen molar-refractivity contribution in [2.45, 2.75) is 45.6 Å². The van der Waals surface area contributed by atoms with Crippen molar-refractivity contribution >= 4 is 5.97 Å². The minimum absolute atomic E-state index is 0.0141. The molecule has 1 aromatic heterocycles. The Morgan fingerprint density at radius 2 is 2.19 bits per heavy atom. The number of carboxylic acid groups (broad SMARTS) is 1. The highest BCUT2D eigenvalue weighted by atomic mass is 16.4. The van der Waals surface area contributed by atoms with Crippen LogP contribution in [0.4, 0.5) is 0 Å². The molecule has 1 heterocycles. The Labute approximate surface area is 94.5 Å². The van der Waals surface area contributed by atoms with Crippen LogP contribution in [0.5, 0.6) is 0 Å². The van der Waals surface area contributed by atoms with Gasteiger partial charge in [-0.2, -0.15) is 5.10 Å². The second-order valence-corrected chi connectivity index (χ2v) is 4.19. The molecule has 0 bridgehead atoms. The normalized spacial score (nSPS) is 24.1. The molecular formula is C11H17N3O2. The highest BCUT2D eigenvalue weighted by Crippen LogP contribution is 2.38. The molecule has 1 aromatic rings. The van der Waals surface area contributed by atoms with E-state index in [0.29, 0.717) is 0 Å². The lowest BCUT2D eigenvalue weighted by molar-refractivity contribution is -0.147. The van der Waals surface area contributed by atoms with Gasteiger partial charge in [-0.05, 0) is 12.8 Å². The average Bonchev–Trinajstić information content (AvgIpc) is 2.58. The van der Waals surface area contributed by atoms with Crippen molar-refractivity contribution in [3.05, 3.63) is 11.6 Å². The van der Waals surface area contributed by atoms with Crippen LogP contribution in [0, 0.1) is 5.92 Å². The summed E-state index contributed by atoms with van der Waals surface area (Å²) in [6, 6.07) is 0.0141. The fourth-order valence-corrected chi connectivity index (χ4v) is 2.12. The second-order valence-electron chi connectivity index (χ2n) is 4.19. The SMILES string of the molecule is CCc1nc(CC)n(C2CCC2C(=O)O)n1. The molecule has 16 heavy (non-hydrogen) atoms. The zero-order valence-corrected chi connectivity index (χ0v) is 9.68. The van der Waals surface area contributed by atoms with Crippen molar-refractivity contribution < 1.29 is 9.90 Å². The van der Waals surface area contributed by atoms with Crippen molar-refractivity contribution in [1.29, 1.82) is 0 Å². The van der Waals surface area contributed by atoms with E-state index >= 15 is 0 Å². The molecule has 1 fully saturated rings. The van der Waals surface area contributed by atoms with Gasteiger partial charge in [-0.3, -0.25) is 4.79 Å². The number of aliphatic carboxylic acids is 1. The van der Waals surface area contributed by atoms with Crippen LogP contribution in [0.15, 0.2) is 0 Å². The van der Waals surface area contributed by atoms with E-state index in [4.69, 9.17) is 5.11 Å². The van der Waals surface area contributed by atoms with Crippen molar-refractivity contribution in [1.82, 2.24) is 14.8 Å². The summed E-state index contributed by atoms with van der Waals surface area (Å²) in [5, 5.41) is 13.4. The lowest BCUT2D eigenvalue weighted by Crippen LogP contribution is -2.36. The van der Waals surface area contributed by atoms with Gasteiger partial charge in [0.05, 0.1) is 12.0 Å². The Morgan fingerprint density at radius 3 is 2.62 bits per heavy atom. The summed E-state index contributed by atoms with van der Waals surface area (Å²) in [6.07, 6.45) is 3.25. The van der Waals surface area contributed by atoms with Gasteiger partial charge in [0.15, 0.2) is 5.82 Å². The largest absolute Gasteiger partial charge is 0.481 e. The Hall–Kier alpha value is -1.39. The fourth-order valence-electron chi connectivity index (χ4n) is 2.12. The van der Waals surface area contributed by atoms with Crippen molar-refractivity contribution in [3.63, 3.8) is 0 Å². The van der Waals surface area contributed by atoms with Crippen LogP contribution in [0.25, 0.3) is 0 Å². The molecule has 2 atom stereocenters. The molecule has 0 spiro atoms.